The van der Waals surface area contributed by atoms with E-state index in [0.29, 0.717) is 29.4 Å². The predicted molar refractivity (Wildman–Crippen MR) is 156 cm³/mol. The van der Waals surface area contributed by atoms with E-state index < -0.39 is 17.8 Å². The van der Waals surface area contributed by atoms with Crippen molar-refractivity contribution in [2.24, 2.45) is 0 Å². The topological polar surface area (TPSA) is 84.9 Å². The molecule has 1 heterocycles. The zero-order chi connectivity index (χ0) is 28.4. The molecular formula is C32H27ClN2O5. The number of rotatable bonds is 7. The molecule has 0 spiro atoms. The van der Waals surface area contributed by atoms with Crippen LogP contribution in [0.2, 0.25) is 5.02 Å². The van der Waals surface area contributed by atoms with Gasteiger partial charge in [-0.15, -0.1) is 0 Å². The van der Waals surface area contributed by atoms with Crippen LogP contribution in [0.3, 0.4) is 0 Å². The number of nitrogens with one attached hydrogen (secondary N) is 1. The van der Waals surface area contributed by atoms with Crippen molar-refractivity contribution in [3.63, 3.8) is 0 Å². The van der Waals surface area contributed by atoms with Crippen molar-refractivity contribution in [2.75, 3.05) is 11.5 Å². The number of nitrogens with zero attached hydrogens (tertiary/aromatic N) is 1. The molecule has 4 aromatic carbocycles. The van der Waals surface area contributed by atoms with Crippen molar-refractivity contribution in [3.8, 4) is 11.5 Å². The Morgan fingerprint density at radius 1 is 0.925 bits per heavy atom. The molecule has 1 N–H and O–H groups in total. The molecule has 0 bridgehead atoms. The van der Waals surface area contributed by atoms with Crippen molar-refractivity contribution in [3.05, 3.63) is 106 Å². The average Bonchev–Trinajstić information content (AvgIpc) is 2.92. The predicted octanol–water partition coefficient (Wildman–Crippen LogP) is 6.75. The number of imide groups is 2. The Morgan fingerprint density at radius 2 is 1.68 bits per heavy atom. The quantitative estimate of drug-likeness (QED) is 0.202. The first-order valence-corrected chi connectivity index (χ1v) is 13.2. The van der Waals surface area contributed by atoms with Crippen molar-refractivity contribution < 1.29 is 23.9 Å². The van der Waals surface area contributed by atoms with E-state index in [2.05, 4.69) is 29.6 Å². The minimum atomic E-state index is -0.809. The molecule has 1 aliphatic heterocycles. The fourth-order valence-corrected chi connectivity index (χ4v) is 4.88. The molecule has 0 radical (unpaired) electrons. The summed E-state index contributed by atoms with van der Waals surface area (Å²) in [4.78, 5) is 39.4. The molecule has 5 rings (SSSR count). The van der Waals surface area contributed by atoms with Gasteiger partial charge in [0.2, 0.25) is 0 Å². The summed E-state index contributed by atoms with van der Waals surface area (Å²) in [6, 6.07) is 21.5. The number of aryl methyl sites for hydroxylation is 2. The van der Waals surface area contributed by atoms with Crippen molar-refractivity contribution in [2.45, 2.75) is 27.4 Å². The van der Waals surface area contributed by atoms with E-state index in [4.69, 9.17) is 21.1 Å². The molecule has 7 nitrogen and oxygen atoms in total. The lowest BCUT2D eigenvalue weighted by atomic mass is 10.0. The van der Waals surface area contributed by atoms with Crippen LogP contribution in [-0.4, -0.2) is 24.5 Å². The van der Waals surface area contributed by atoms with Gasteiger partial charge in [0.1, 0.15) is 12.2 Å². The highest BCUT2D eigenvalue weighted by Gasteiger charge is 2.36. The molecular weight excluding hydrogens is 528 g/mol. The van der Waals surface area contributed by atoms with Crippen LogP contribution in [0.4, 0.5) is 10.5 Å². The van der Waals surface area contributed by atoms with Gasteiger partial charge < -0.3 is 9.47 Å². The standard InChI is InChI=1S/C32H27ClN2O5/c1-4-39-28-17-21(15-25-30(36)34-32(38)35(31(25)37)23-13-9-19(2)10-14-23)16-27(33)29(28)40-18-26-20(3)11-12-22-7-5-6-8-24(22)26/h5-17H,4,18H2,1-3H3,(H,34,36,38)/b25-15+. The fourth-order valence-electron chi connectivity index (χ4n) is 4.61. The van der Waals surface area contributed by atoms with Gasteiger partial charge in [-0.05, 0) is 73.0 Å². The van der Waals surface area contributed by atoms with Crippen molar-refractivity contribution in [1.29, 1.82) is 0 Å². The molecule has 8 heteroatoms. The molecule has 0 saturated carbocycles. The number of hydrogen-bond acceptors (Lipinski definition) is 5. The molecule has 40 heavy (non-hydrogen) atoms. The van der Waals surface area contributed by atoms with Gasteiger partial charge in [0.15, 0.2) is 11.5 Å². The Hall–Kier alpha value is -4.62. The number of amides is 4. The first kappa shape index (κ1) is 27.0. The highest BCUT2D eigenvalue weighted by molar-refractivity contribution is 6.39. The van der Waals surface area contributed by atoms with Gasteiger partial charge >= 0.3 is 6.03 Å². The second-order valence-corrected chi connectivity index (χ2v) is 9.83. The minimum absolute atomic E-state index is 0.210. The van der Waals surface area contributed by atoms with Crippen molar-refractivity contribution >= 4 is 52.0 Å². The van der Waals surface area contributed by atoms with Crippen molar-refractivity contribution in [1.82, 2.24) is 5.32 Å². The molecule has 1 fully saturated rings. The summed E-state index contributed by atoms with van der Waals surface area (Å²) < 4.78 is 12.0. The van der Waals surface area contributed by atoms with E-state index in [1.165, 1.54) is 6.08 Å². The Morgan fingerprint density at radius 3 is 2.42 bits per heavy atom. The first-order valence-electron chi connectivity index (χ1n) is 12.8. The third kappa shape index (κ3) is 5.28. The Labute approximate surface area is 237 Å². The third-order valence-corrected chi connectivity index (χ3v) is 6.95. The number of benzene rings is 4. The molecule has 4 aromatic rings. The van der Waals surface area contributed by atoms with Crippen LogP contribution in [-0.2, 0) is 16.2 Å². The zero-order valence-electron chi connectivity index (χ0n) is 22.3. The highest BCUT2D eigenvalue weighted by Crippen LogP contribution is 2.39. The summed E-state index contributed by atoms with van der Waals surface area (Å²) in [5.74, 6) is -0.804. The normalized spacial score (nSPS) is 14.6. The van der Waals surface area contributed by atoms with Gasteiger partial charge in [0.05, 0.1) is 17.3 Å². The lowest BCUT2D eigenvalue weighted by molar-refractivity contribution is -0.122. The van der Waals surface area contributed by atoms with Crippen LogP contribution >= 0.6 is 11.6 Å². The lowest BCUT2D eigenvalue weighted by Crippen LogP contribution is -2.54. The number of hydrogen-bond donors (Lipinski definition) is 1. The third-order valence-electron chi connectivity index (χ3n) is 6.67. The SMILES string of the molecule is CCOc1cc(/C=C2\C(=O)NC(=O)N(c3ccc(C)cc3)C2=O)cc(Cl)c1OCc1c(C)ccc2ccccc12. The molecule has 0 atom stereocenters. The molecule has 0 unspecified atom stereocenters. The maximum atomic E-state index is 13.3. The number of carbonyl (C=O) groups is 3. The zero-order valence-corrected chi connectivity index (χ0v) is 23.0. The Bertz CT molecular complexity index is 1680. The number of anilines is 1. The maximum absolute atomic E-state index is 13.3. The number of urea groups is 1. The number of carbonyl (C=O) groups excluding carboxylic acids is 3. The van der Waals surface area contributed by atoms with Crippen LogP contribution < -0.4 is 19.7 Å². The Balaban J connectivity index is 1.47. The summed E-state index contributed by atoms with van der Waals surface area (Å²) in [6.07, 6.45) is 1.39. The van der Waals surface area contributed by atoms with E-state index in [1.54, 1.807) is 36.4 Å². The van der Waals surface area contributed by atoms with Gasteiger partial charge in [-0.3, -0.25) is 14.9 Å². The van der Waals surface area contributed by atoms with E-state index in [9.17, 15) is 14.4 Å². The molecule has 1 saturated heterocycles. The van der Waals surface area contributed by atoms with E-state index >= 15 is 0 Å². The molecule has 4 amide bonds. The van der Waals surface area contributed by atoms with Gasteiger partial charge in [-0.2, -0.15) is 0 Å². The summed E-state index contributed by atoms with van der Waals surface area (Å²) in [5.41, 5.74) is 3.68. The van der Waals surface area contributed by atoms with Crippen LogP contribution in [0.1, 0.15) is 29.2 Å². The molecule has 0 aromatic heterocycles. The number of fused-ring (bicyclic) bond motifs is 1. The Kier molecular flexibility index (Phi) is 7.58. The second kappa shape index (κ2) is 11.2. The van der Waals surface area contributed by atoms with Crippen LogP contribution in [0.5, 0.6) is 11.5 Å². The number of ether oxygens (including phenoxy) is 2. The number of halogens is 1. The average molecular weight is 555 g/mol. The van der Waals surface area contributed by atoms with Gasteiger partial charge in [0, 0.05) is 5.56 Å². The highest BCUT2D eigenvalue weighted by atomic mass is 35.5. The monoisotopic (exact) mass is 554 g/mol. The van der Waals surface area contributed by atoms with Gasteiger partial charge in [-0.1, -0.05) is 65.7 Å². The van der Waals surface area contributed by atoms with Crippen LogP contribution in [0, 0.1) is 13.8 Å². The van der Waals surface area contributed by atoms with Gasteiger partial charge in [-0.25, -0.2) is 9.69 Å². The van der Waals surface area contributed by atoms with Crippen LogP contribution in [0.25, 0.3) is 16.8 Å². The smallest absolute Gasteiger partial charge is 0.335 e. The number of barbiturate groups is 1. The molecule has 202 valence electrons. The van der Waals surface area contributed by atoms with E-state index in [1.807, 2.05) is 32.9 Å². The van der Waals surface area contributed by atoms with Gasteiger partial charge in [0.25, 0.3) is 11.8 Å². The summed E-state index contributed by atoms with van der Waals surface area (Å²) in [5, 5.41) is 4.69. The molecule has 0 aliphatic carbocycles. The van der Waals surface area contributed by atoms with E-state index in [0.717, 1.165) is 32.4 Å². The minimum Gasteiger partial charge on any atom is -0.490 e. The second-order valence-electron chi connectivity index (χ2n) is 9.43. The largest absolute Gasteiger partial charge is 0.490 e. The fraction of sp³-hybridized carbons (Fsp3) is 0.156. The summed E-state index contributed by atoms with van der Waals surface area (Å²) in [6.45, 7) is 6.37. The summed E-state index contributed by atoms with van der Waals surface area (Å²) >= 11 is 6.66. The lowest BCUT2D eigenvalue weighted by Gasteiger charge is -2.26. The molecule has 1 aliphatic rings. The van der Waals surface area contributed by atoms with E-state index in [-0.39, 0.29) is 17.2 Å². The first-order chi connectivity index (χ1) is 19.3. The summed E-state index contributed by atoms with van der Waals surface area (Å²) in [7, 11) is 0. The van der Waals surface area contributed by atoms with Crippen LogP contribution in [0.15, 0.2) is 78.4 Å². The maximum Gasteiger partial charge on any atom is 0.335 e.